The summed E-state index contributed by atoms with van der Waals surface area (Å²) in [4.78, 5) is 24.3. The maximum atomic E-state index is 12.4. The lowest BCUT2D eigenvalue weighted by Gasteiger charge is -2.26. The summed E-state index contributed by atoms with van der Waals surface area (Å²) in [6, 6.07) is 11.9. The molecule has 0 spiro atoms. The van der Waals surface area contributed by atoms with E-state index in [4.69, 9.17) is 0 Å². The van der Waals surface area contributed by atoms with Crippen molar-refractivity contribution in [3.8, 4) is 5.75 Å². The number of anilines is 1. The summed E-state index contributed by atoms with van der Waals surface area (Å²) in [7, 11) is 0. The lowest BCUT2D eigenvalue weighted by atomic mass is 9.93. The third-order valence-corrected chi connectivity index (χ3v) is 4.49. The maximum Gasteiger partial charge on any atom is 0.573 e. The Morgan fingerprint density at radius 3 is 2.48 bits per heavy atom. The summed E-state index contributed by atoms with van der Waals surface area (Å²) in [6.07, 6.45) is -4.83. The van der Waals surface area contributed by atoms with Crippen LogP contribution in [0.4, 0.5) is 19.0 Å². The number of fused-ring (bicyclic) bond motifs is 1. The number of halogens is 3. The molecule has 3 rings (SSSR count). The Labute approximate surface area is 175 Å². The van der Waals surface area contributed by atoms with Gasteiger partial charge in [0.15, 0.2) is 5.82 Å². The van der Waals surface area contributed by atoms with Crippen molar-refractivity contribution in [2.45, 2.75) is 20.2 Å². The molecule has 10 heteroatoms. The van der Waals surface area contributed by atoms with Crippen LogP contribution in [-0.2, 0) is 0 Å². The van der Waals surface area contributed by atoms with Crippen molar-refractivity contribution < 1.29 is 22.7 Å². The van der Waals surface area contributed by atoms with Gasteiger partial charge in [0.2, 0.25) is 0 Å². The number of benzene rings is 2. The van der Waals surface area contributed by atoms with Crippen molar-refractivity contribution in [2.75, 3.05) is 18.4 Å². The van der Waals surface area contributed by atoms with Crippen LogP contribution in [0.5, 0.6) is 5.75 Å². The molecule has 0 bridgehead atoms. The van der Waals surface area contributed by atoms with Crippen molar-refractivity contribution in [3.63, 3.8) is 0 Å². The lowest BCUT2D eigenvalue weighted by molar-refractivity contribution is -0.274. The quantitative estimate of drug-likeness (QED) is 0.527. The van der Waals surface area contributed by atoms with Gasteiger partial charge in [-0.2, -0.15) is 5.10 Å². The van der Waals surface area contributed by atoms with Gasteiger partial charge in [-0.25, -0.2) is 5.10 Å². The normalized spacial score (nSPS) is 11.9. The maximum absolute atomic E-state index is 12.4. The van der Waals surface area contributed by atoms with E-state index in [1.165, 1.54) is 12.1 Å². The Hall–Kier alpha value is -3.56. The molecule has 1 amide bonds. The molecule has 0 atom stereocenters. The number of alkyl halides is 3. The molecule has 2 aromatic carbocycles. The van der Waals surface area contributed by atoms with Gasteiger partial charge in [-0.1, -0.05) is 38.1 Å². The fourth-order valence-electron chi connectivity index (χ4n) is 2.89. The zero-order valence-electron chi connectivity index (χ0n) is 16.8. The van der Waals surface area contributed by atoms with Gasteiger partial charge < -0.3 is 15.4 Å². The van der Waals surface area contributed by atoms with Crippen molar-refractivity contribution in [1.82, 2.24) is 15.5 Å². The highest BCUT2D eigenvalue weighted by Crippen LogP contribution is 2.24. The zero-order valence-corrected chi connectivity index (χ0v) is 16.8. The van der Waals surface area contributed by atoms with Crippen LogP contribution in [0.1, 0.15) is 24.2 Å². The third-order valence-electron chi connectivity index (χ3n) is 4.49. The van der Waals surface area contributed by atoms with Crippen LogP contribution in [-0.4, -0.2) is 35.6 Å². The molecule has 0 aliphatic carbocycles. The van der Waals surface area contributed by atoms with E-state index in [-0.39, 0.29) is 17.7 Å². The number of aromatic amines is 1. The Morgan fingerprint density at radius 2 is 1.77 bits per heavy atom. The van der Waals surface area contributed by atoms with Crippen molar-refractivity contribution in [2.24, 2.45) is 5.41 Å². The summed E-state index contributed by atoms with van der Waals surface area (Å²) in [6.45, 7) is 4.45. The summed E-state index contributed by atoms with van der Waals surface area (Å²) < 4.78 is 41.0. The Balaban J connectivity index is 1.62. The van der Waals surface area contributed by atoms with E-state index >= 15 is 0 Å². The number of carbonyl (C=O) groups is 1. The predicted octanol–water partition coefficient (Wildman–Crippen LogP) is 3.69. The van der Waals surface area contributed by atoms with Gasteiger partial charge in [-0.05, 0) is 29.7 Å². The smallest absolute Gasteiger partial charge is 0.406 e. The van der Waals surface area contributed by atoms with Gasteiger partial charge in [0.1, 0.15) is 5.75 Å². The molecule has 1 aromatic heterocycles. The average molecular weight is 434 g/mol. The van der Waals surface area contributed by atoms with Crippen LogP contribution in [0.15, 0.2) is 53.3 Å². The number of nitrogens with one attached hydrogen (secondary N) is 3. The van der Waals surface area contributed by atoms with Crippen molar-refractivity contribution in [3.05, 3.63) is 64.4 Å². The zero-order chi connectivity index (χ0) is 22.6. The first kappa shape index (κ1) is 22.1. The van der Waals surface area contributed by atoms with Gasteiger partial charge in [-0.15, -0.1) is 13.2 Å². The minimum atomic E-state index is -4.83. The highest BCUT2D eigenvalue weighted by Gasteiger charge is 2.31. The van der Waals surface area contributed by atoms with Gasteiger partial charge in [0.05, 0.1) is 5.39 Å². The van der Waals surface area contributed by atoms with Crippen LogP contribution in [0, 0.1) is 5.41 Å². The number of amides is 1. The van der Waals surface area contributed by atoms with Crippen LogP contribution in [0.3, 0.4) is 0 Å². The van der Waals surface area contributed by atoms with Crippen LogP contribution >= 0.6 is 0 Å². The topological polar surface area (TPSA) is 96.1 Å². The van der Waals surface area contributed by atoms with E-state index in [1.54, 1.807) is 24.3 Å². The number of rotatable bonds is 7. The molecule has 3 aromatic rings. The number of ether oxygens (including phenoxy) is 1. The highest BCUT2D eigenvalue weighted by molar-refractivity contribution is 5.94. The number of carbonyl (C=O) groups excluding carboxylic acids is 1. The summed E-state index contributed by atoms with van der Waals surface area (Å²) in [5.74, 6) is -0.475. The molecule has 0 saturated carbocycles. The van der Waals surface area contributed by atoms with Gasteiger partial charge in [0, 0.05) is 24.0 Å². The molecular weight excluding hydrogens is 413 g/mol. The van der Waals surface area contributed by atoms with Gasteiger partial charge in [-0.3, -0.25) is 9.59 Å². The molecule has 0 fully saturated rings. The molecule has 7 nitrogen and oxygen atoms in total. The number of hydrogen-bond donors (Lipinski definition) is 3. The minimum absolute atomic E-state index is 0.0544. The molecule has 164 valence electrons. The Morgan fingerprint density at radius 1 is 1.06 bits per heavy atom. The largest absolute Gasteiger partial charge is 0.573 e. The average Bonchev–Trinajstić information content (AvgIpc) is 2.71. The van der Waals surface area contributed by atoms with E-state index in [9.17, 15) is 22.8 Å². The van der Waals surface area contributed by atoms with Crippen molar-refractivity contribution >= 4 is 22.5 Å². The third kappa shape index (κ3) is 5.97. The standard InChI is InChI=1S/C21H21F3N4O3/c1-20(2,11-25-17-15-8-3-4-9-16(15)19(30)28-27-17)12-26-18(29)13-6-5-7-14(10-13)31-21(22,23)24/h3-10H,11-12H2,1-2H3,(H,25,27)(H,26,29)(H,28,30). The summed E-state index contributed by atoms with van der Waals surface area (Å²) in [5.41, 5.74) is -0.669. The molecule has 0 aliphatic heterocycles. The van der Waals surface area contributed by atoms with E-state index in [0.717, 1.165) is 12.1 Å². The number of H-pyrrole nitrogens is 1. The summed E-state index contributed by atoms with van der Waals surface area (Å²) in [5, 5.41) is 13.6. The van der Waals surface area contributed by atoms with E-state index < -0.39 is 23.4 Å². The SMILES string of the molecule is CC(C)(CNC(=O)c1cccc(OC(F)(F)F)c1)CNc1n[nH]c(=O)c2ccccc12. The van der Waals surface area contributed by atoms with Gasteiger partial charge >= 0.3 is 6.36 Å². The monoisotopic (exact) mass is 434 g/mol. The first-order valence-electron chi connectivity index (χ1n) is 9.39. The predicted molar refractivity (Wildman–Crippen MR) is 110 cm³/mol. The molecule has 0 saturated heterocycles. The second-order valence-electron chi connectivity index (χ2n) is 7.72. The Bertz CT molecular complexity index is 1140. The highest BCUT2D eigenvalue weighted by atomic mass is 19.4. The van der Waals surface area contributed by atoms with Gasteiger partial charge in [0.25, 0.3) is 11.5 Å². The fourth-order valence-corrected chi connectivity index (χ4v) is 2.89. The molecule has 3 N–H and O–H groups in total. The Kier molecular flexibility index (Phi) is 6.19. The molecule has 0 unspecified atom stereocenters. The number of nitrogens with zero attached hydrogens (tertiary/aromatic N) is 1. The van der Waals surface area contributed by atoms with E-state index in [0.29, 0.717) is 23.1 Å². The van der Waals surface area contributed by atoms with Crippen LogP contribution in [0.2, 0.25) is 0 Å². The molecular formula is C21H21F3N4O3. The number of aromatic nitrogens is 2. The number of hydrogen-bond acceptors (Lipinski definition) is 5. The molecule has 0 radical (unpaired) electrons. The van der Waals surface area contributed by atoms with E-state index in [2.05, 4.69) is 25.6 Å². The van der Waals surface area contributed by atoms with E-state index in [1.807, 2.05) is 13.8 Å². The molecule has 31 heavy (non-hydrogen) atoms. The lowest BCUT2D eigenvalue weighted by Crippen LogP contribution is -2.38. The molecule has 1 heterocycles. The summed E-state index contributed by atoms with van der Waals surface area (Å²) >= 11 is 0. The minimum Gasteiger partial charge on any atom is -0.406 e. The first-order chi connectivity index (χ1) is 14.5. The van der Waals surface area contributed by atoms with Crippen LogP contribution in [0.25, 0.3) is 10.8 Å². The first-order valence-corrected chi connectivity index (χ1v) is 9.39. The second-order valence-corrected chi connectivity index (χ2v) is 7.72. The molecule has 0 aliphatic rings. The van der Waals surface area contributed by atoms with Crippen LogP contribution < -0.4 is 20.9 Å². The second kappa shape index (κ2) is 8.66. The fraction of sp³-hybridized carbons (Fsp3) is 0.286. The van der Waals surface area contributed by atoms with Crippen molar-refractivity contribution in [1.29, 1.82) is 0 Å².